The molecule has 29 heavy (non-hydrogen) atoms. The van der Waals surface area contributed by atoms with Crippen LogP contribution < -0.4 is 5.32 Å². The summed E-state index contributed by atoms with van der Waals surface area (Å²) in [4.78, 5) is 16.7. The lowest BCUT2D eigenvalue weighted by Crippen LogP contribution is -2.29. The number of rotatable bonds is 6. The lowest BCUT2D eigenvalue weighted by atomic mass is 10.0. The van der Waals surface area contributed by atoms with Crippen molar-refractivity contribution < 1.29 is 9.18 Å². The third-order valence-corrected chi connectivity index (χ3v) is 4.73. The average Bonchev–Trinajstić information content (AvgIpc) is 2.69. The molecule has 0 aliphatic rings. The monoisotopic (exact) mass is 449 g/mol. The molecule has 0 aliphatic heterocycles. The van der Waals surface area contributed by atoms with E-state index in [1.807, 2.05) is 0 Å². The number of aliphatic imine (C=N–C) groups is 1. The molecule has 0 aromatic heterocycles. The number of benzene rings is 2. The average molecular weight is 451 g/mol. The minimum absolute atomic E-state index is 0.0408. The molecule has 0 saturated heterocycles. The Morgan fingerprint density at radius 1 is 1.24 bits per heavy atom. The third kappa shape index (κ3) is 5.91. The summed E-state index contributed by atoms with van der Waals surface area (Å²) < 4.78 is 13.9. The van der Waals surface area contributed by atoms with Crippen molar-refractivity contribution >= 4 is 47.4 Å². The van der Waals surface area contributed by atoms with Crippen LogP contribution in [0.4, 0.5) is 4.39 Å². The molecule has 148 valence electrons. The predicted molar refractivity (Wildman–Crippen MR) is 115 cm³/mol. The molecule has 2 aromatic rings. The molecule has 2 aromatic carbocycles. The molecular formula is C21H15Cl3FN3O. The van der Waals surface area contributed by atoms with Crippen molar-refractivity contribution in [2.75, 3.05) is 0 Å². The van der Waals surface area contributed by atoms with Gasteiger partial charge in [-0.25, -0.2) is 4.39 Å². The Hall–Kier alpha value is -2.65. The van der Waals surface area contributed by atoms with Crippen LogP contribution in [0.1, 0.15) is 34.5 Å². The van der Waals surface area contributed by atoms with Crippen molar-refractivity contribution in [3.05, 3.63) is 91.8 Å². The number of allylic oxidation sites excluding steroid dienone is 3. The Kier molecular flexibility index (Phi) is 7.98. The van der Waals surface area contributed by atoms with E-state index in [0.717, 1.165) is 6.07 Å². The summed E-state index contributed by atoms with van der Waals surface area (Å²) in [6.45, 7) is 5.23. The van der Waals surface area contributed by atoms with Gasteiger partial charge in [0.15, 0.2) is 0 Å². The lowest BCUT2D eigenvalue weighted by Gasteiger charge is -2.20. The summed E-state index contributed by atoms with van der Waals surface area (Å²) in [5, 5.41) is 12.8. The molecule has 0 aliphatic carbocycles. The number of nitrogens with zero attached hydrogens (tertiary/aromatic N) is 2. The second-order valence-corrected chi connectivity index (χ2v) is 7.30. The predicted octanol–water partition coefficient (Wildman–Crippen LogP) is 6.20. The van der Waals surface area contributed by atoms with Gasteiger partial charge in [0.25, 0.3) is 5.91 Å². The highest BCUT2D eigenvalue weighted by Gasteiger charge is 2.21. The van der Waals surface area contributed by atoms with Gasteiger partial charge in [-0.15, -0.1) is 0 Å². The number of carbonyl (C=O) groups is 1. The van der Waals surface area contributed by atoms with Crippen molar-refractivity contribution in [2.24, 2.45) is 4.99 Å². The summed E-state index contributed by atoms with van der Waals surface area (Å²) in [6.07, 6.45) is 3.20. The largest absolute Gasteiger partial charge is 0.340 e. The van der Waals surface area contributed by atoms with Crippen molar-refractivity contribution in [2.45, 2.75) is 13.0 Å². The smallest absolute Gasteiger partial charge is 0.252 e. The van der Waals surface area contributed by atoms with Gasteiger partial charge in [-0.05, 0) is 61.7 Å². The van der Waals surface area contributed by atoms with E-state index in [-0.39, 0.29) is 11.1 Å². The van der Waals surface area contributed by atoms with Crippen LogP contribution in [-0.4, -0.2) is 12.6 Å². The lowest BCUT2D eigenvalue weighted by molar-refractivity contribution is 0.0941. The van der Waals surface area contributed by atoms with E-state index in [4.69, 9.17) is 40.1 Å². The third-order valence-electron chi connectivity index (χ3n) is 3.87. The maximum Gasteiger partial charge on any atom is 0.252 e. The Labute approximate surface area is 182 Å². The molecule has 1 N–H and O–H groups in total. The summed E-state index contributed by atoms with van der Waals surface area (Å²) >= 11 is 18.0. The van der Waals surface area contributed by atoms with Crippen molar-refractivity contribution in [3.63, 3.8) is 0 Å². The van der Waals surface area contributed by atoms with Crippen LogP contribution in [0.15, 0.2) is 64.3 Å². The SMILES string of the molecule is C=N/C(=C\C=C(/C)Cl)[C@H](NC(=O)c1ccc(C#N)c(F)c1)c1ccc(Cl)c(Cl)c1. The van der Waals surface area contributed by atoms with Crippen LogP contribution in [0.25, 0.3) is 0 Å². The van der Waals surface area contributed by atoms with Crippen molar-refractivity contribution in [1.29, 1.82) is 5.26 Å². The zero-order valence-electron chi connectivity index (χ0n) is 15.2. The van der Waals surface area contributed by atoms with Crippen LogP contribution in [0.3, 0.4) is 0 Å². The molecule has 0 radical (unpaired) electrons. The van der Waals surface area contributed by atoms with Gasteiger partial charge in [0.05, 0.1) is 27.3 Å². The van der Waals surface area contributed by atoms with Gasteiger partial charge in [-0.3, -0.25) is 9.79 Å². The fourth-order valence-corrected chi connectivity index (χ4v) is 2.79. The first-order valence-electron chi connectivity index (χ1n) is 8.23. The molecule has 4 nitrogen and oxygen atoms in total. The first-order valence-corrected chi connectivity index (χ1v) is 9.36. The molecule has 0 unspecified atom stereocenters. The minimum Gasteiger partial charge on any atom is -0.340 e. The molecule has 8 heteroatoms. The molecule has 0 spiro atoms. The number of hydrogen-bond donors (Lipinski definition) is 1. The summed E-state index contributed by atoms with van der Waals surface area (Å²) in [5.74, 6) is -1.37. The zero-order valence-corrected chi connectivity index (χ0v) is 17.5. The first kappa shape index (κ1) is 22.6. The Morgan fingerprint density at radius 2 is 1.97 bits per heavy atom. The van der Waals surface area contributed by atoms with Gasteiger partial charge in [0.2, 0.25) is 0 Å². The van der Waals surface area contributed by atoms with E-state index in [9.17, 15) is 9.18 Å². The Balaban J connectivity index is 2.48. The molecule has 1 amide bonds. The number of nitriles is 1. The van der Waals surface area contributed by atoms with Gasteiger partial charge in [0, 0.05) is 10.6 Å². The Bertz CT molecular complexity index is 1050. The summed E-state index contributed by atoms with van der Waals surface area (Å²) in [5.41, 5.74) is 0.852. The second kappa shape index (κ2) is 10.2. The molecule has 0 fully saturated rings. The van der Waals surface area contributed by atoms with E-state index in [0.29, 0.717) is 26.3 Å². The molecule has 2 rings (SSSR count). The zero-order chi connectivity index (χ0) is 21.6. The number of hydrogen-bond acceptors (Lipinski definition) is 3. The summed E-state index contributed by atoms with van der Waals surface area (Å²) in [7, 11) is 0. The van der Waals surface area contributed by atoms with Crippen molar-refractivity contribution in [1.82, 2.24) is 5.32 Å². The van der Waals surface area contributed by atoms with Crippen molar-refractivity contribution in [3.8, 4) is 6.07 Å². The van der Waals surface area contributed by atoms with Gasteiger partial charge in [0.1, 0.15) is 11.9 Å². The molecule has 0 heterocycles. The number of amides is 1. The molecule has 0 saturated carbocycles. The molecular weight excluding hydrogens is 436 g/mol. The van der Waals surface area contributed by atoms with Gasteiger partial charge in [-0.1, -0.05) is 40.9 Å². The minimum atomic E-state index is -0.787. The molecule has 0 bridgehead atoms. The maximum atomic E-state index is 13.9. The van der Waals surface area contributed by atoms with Gasteiger partial charge >= 0.3 is 0 Å². The van der Waals surface area contributed by atoms with Crippen LogP contribution in [0.5, 0.6) is 0 Å². The standard InChI is InChI=1S/C21H15Cl3FN3O/c1-12(22)3-8-19(27-2)20(13-6-7-16(23)17(24)9-13)28-21(29)14-4-5-15(11-26)18(25)10-14/h3-10,20H,2H2,1H3,(H,28,29)/b12-3+,19-8-/t20-/m1/s1. The van der Waals surface area contributed by atoms with Crippen LogP contribution >= 0.6 is 34.8 Å². The fraction of sp³-hybridized carbons (Fsp3) is 0.0952. The fourth-order valence-electron chi connectivity index (χ4n) is 2.42. The van der Waals surface area contributed by atoms with Crippen LogP contribution in [0, 0.1) is 17.1 Å². The topological polar surface area (TPSA) is 65.2 Å². The van der Waals surface area contributed by atoms with E-state index >= 15 is 0 Å². The second-order valence-electron chi connectivity index (χ2n) is 5.89. The van der Waals surface area contributed by atoms with Crippen LogP contribution in [0.2, 0.25) is 10.0 Å². The van der Waals surface area contributed by atoms with Crippen LogP contribution in [-0.2, 0) is 0 Å². The normalized spacial score (nSPS) is 12.8. The molecule has 1 atom stereocenters. The highest BCUT2D eigenvalue weighted by atomic mass is 35.5. The van der Waals surface area contributed by atoms with E-state index in [1.165, 1.54) is 12.1 Å². The van der Waals surface area contributed by atoms with E-state index in [2.05, 4.69) is 17.0 Å². The first-order chi connectivity index (χ1) is 13.8. The Morgan fingerprint density at radius 3 is 2.52 bits per heavy atom. The maximum absolute atomic E-state index is 13.9. The number of nitrogens with one attached hydrogen (secondary N) is 1. The number of carbonyl (C=O) groups excluding carboxylic acids is 1. The van der Waals surface area contributed by atoms with Gasteiger partial charge < -0.3 is 5.32 Å². The highest BCUT2D eigenvalue weighted by Crippen LogP contribution is 2.30. The van der Waals surface area contributed by atoms with E-state index < -0.39 is 17.8 Å². The number of halogens is 4. The summed E-state index contributed by atoms with van der Waals surface area (Å²) in [6, 6.07) is 9.38. The highest BCUT2D eigenvalue weighted by molar-refractivity contribution is 6.42. The van der Waals surface area contributed by atoms with Gasteiger partial charge in [-0.2, -0.15) is 5.26 Å². The van der Waals surface area contributed by atoms with E-state index in [1.54, 1.807) is 43.3 Å². The quantitative estimate of drug-likeness (QED) is 0.420.